The highest BCUT2D eigenvalue weighted by Crippen LogP contribution is 2.65. The predicted octanol–water partition coefficient (Wildman–Crippen LogP) is 9.76. The minimum atomic E-state index is -2.70. The SMILES string of the molecule is Cc1cc2c3c(c1)C1(C)CCCCC1(C)N3c1cc(N3c4ccccc4[Si]4(c5ccccc5-c5ccccc54)c4ccccc43)cc3c1B2c1cccc2c1N3C1(C)CCCCC21C. The average molecular weight is 844 g/mol. The molecule has 5 heteroatoms. The number of anilines is 7. The fourth-order valence-electron chi connectivity index (χ4n) is 16.2. The van der Waals surface area contributed by atoms with Crippen LogP contribution in [0.2, 0.25) is 0 Å². The molecule has 312 valence electrons. The molecule has 15 rings (SSSR count). The number of hydrogen-bond acceptors (Lipinski definition) is 3. The van der Waals surface area contributed by atoms with Crippen LogP contribution in [0.3, 0.4) is 0 Å². The molecule has 0 aromatic heterocycles. The molecule has 3 nitrogen and oxygen atoms in total. The van der Waals surface area contributed by atoms with E-state index >= 15 is 0 Å². The maximum absolute atomic E-state index is 2.95. The van der Waals surface area contributed by atoms with Gasteiger partial charge in [-0.25, -0.2) is 0 Å². The van der Waals surface area contributed by atoms with Gasteiger partial charge in [-0.2, -0.15) is 0 Å². The summed E-state index contributed by atoms with van der Waals surface area (Å²) < 4.78 is 0. The van der Waals surface area contributed by atoms with Crippen molar-refractivity contribution in [2.45, 2.75) is 108 Å². The summed E-state index contributed by atoms with van der Waals surface area (Å²) in [6.45, 7) is 13.1. The third kappa shape index (κ3) is 3.81. The Bertz CT molecular complexity index is 3170. The molecule has 2 aliphatic carbocycles. The second-order valence-corrected chi connectivity index (χ2v) is 25.5. The summed E-state index contributed by atoms with van der Waals surface area (Å²) in [5.41, 5.74) is 21.9. The predicted molar refractivity (Wildman–Crippen MR) is 272 cm³/mol. The zero-order chi connectivity index (χ0) is 42.7. The number of benzene rings is 7. The number of aryl methyl sites for hydroxylation is 1. The summed E-state index contributed by atoms with van der Waals surface area (Å²) in [7, 11) is -2.70. The van der Waals surface area contributed by atoms with Crippen LogP contribution < -0.4 is 51.8 Å². The first-order valence-electron chi connectivity index (χ1n) is 24.4. The van der Waals surface area contributed by atoms with Crippen LogP contribution in [0.1, 0.15) is 95.8 Å². The van der Waals surface area contributed by atoms with E-state index in [1.165, 1.54) is 145 Å². The highest BCUT2D eigenvalue weighted by atomic mass is 28.3. The highest BCUT2D eigenvalue weighted by Gasteiger charge is 2.65. The summed E-state index contributed by atoms with van der Waals surface area (Å²) in [5, 5.41) is 6.02. The number of nitrogens with zero attached hydrogens (tertiary/aromatic N) is 3. The molecule has 4 unspecified atom stereocenters. The molecule has 2 saturated carbocycles. The first-order chi connectivity index (χ1) is 31.1. The van der Waals surface area contributed by atoms with Gasteiger partial charge in [-0.3, -0.25) is 0 Å². The van der Waals surface area contributed by atoms with Gasteiger partial charge in [0.2, 0.25) is 0 Å². The van der Waals surface area contributed by atoms with Gasteiger partial charge in [0, 0.05) is 45.0 Å². The van der Waals surface area contributed by atoms with Crippen LogP contribution in [0.4, 0.5) is 39.8 Å². The lowest BCUT2D eigenvalue weighted by Gasteiger charge is -2.55. The third-order valence-corrected chi connectivity index (χ3v) is 24.3. The van der Waals surface area contributed by atoms with E-state index in [1.807, 2.05) is 0 Å². The van der Waals surface area contributed by atoms with Crippen LogP contribution in [0, 0.1) is 6.92 Å². The molecular formula is C59H54BN3Si. The van der Waals surface area contributed by atoms with Gasteiger partial charge in [-0.15, -0.1) is 0 Å². The number of fused-ring (bicyclic) bond motifs is 19. The van der Waals surface area contributed by atoms with Gasteiger partial charge in [-0.05, 0) is 130 Å². The van der Waals surface area contributed by atoms with Gasteiger partial charge in [0.1, 0.15) is 0 Å². The van der Waals surface area contributed by atoms with Crippen molar-refractivity contribution in [1.29, 1.82) is 0 Å². The maximum Gasteiger partial charge on any atom is 0.252 e. The monoisotopic (exact) mass is 843 g/mol. The molecule has 7 aromatic carbocycles. The molecule has 0 bridgehead atoms. The van der Waals surface area contributed by atoms with E-state index < -0.39 is 8.07 Å². The van der Waals surface area contributed by atoms with Crippen LogP contribution in [-0.4, -0.2) is 25.9 Å². The normalized spacial score (nSPS) is 27.2. The Kier molecular flexibility index (Phi) is 6.69. The fraction of sp³-hybridized carbons (Fsp3) is 0.288. The molecule has 6 aliphatic heterocycles. The van der Waals surface area contributed by atoms with Crippen molar-refractivity contribution >= 4 is 91.7 Å². The average Bonchev–Trinajstić information content (AvgIpc) is 3.81. The summed E-state index contributed by atoms with van der Waals surface area (Å²) in [4.78, 5) is 8.60. The van der Waals surface area contributed by atoms with Gasteiger partial charge in [0.15, 0.2) is 8.07 Å². The van der Waals surface area contributed by atoms with Crippen LogP contribution in [-0.2, 0) is 10.8 Å². The van der Waals surface area contributed by atoms with Gasteiger partial charge < -0.3 is 14.7 Å². The van der Waals surface area contributed by atoms with Crippen molar-refractivity contribution in [3.05, 3.63) is 156 Å². The lowest BCUT2D eigenvalue weighted by Crippen LogP contribution is -2.75. The van der Waals surface area contributed by atoms with Crippen molar-refractivity contribution in [2.24, 2.45) is 0 Å². The Balaban J connectivity index is 1.07. The molecule has 1 spiro atoms. The van der Waals surface area contributed by atoms with E-state index in [2.05, 4.69) is 189 Å². The third-order valence-electron chi connectivity index (χ3n) is 19.4. The van der Waals surface area contributed by atoms with E-state index in [0.717, 1.165) is 0 Å². The second kappa shape index (κ2) is 11.7. The quantitative estimate of drug-likeness (QED) is 0.153. The van der Waals surface area contributed by atoms with Gasteiger partial charge in [-0.1, -0.05) is 160 Å². The fourth-order valence-corrected chi connectivity index (χ4v) is 21.8. The minimum Gasteiger partial charge on any atom is -0.335 e. The van der Waals surface area contributed by atoms with Crippen molar-refractivity contribution in [3.8, 4) is 11.1 Å². The largest absolute Gasteiger partial charge is 0.335 e. The maximum atomic E-state index is 2.95. The van der Waals surface area contributed by atoms with Gasteiger partial charge >= 0.3 is 0 Å². The first kappa shape index (κ1) is 36.5. The van der Waals surface area contributed by atoms with Crippen molar-refractivity contribution in [3.63, 3.8) is 0 Å². The molecule has 4 atom stereocenters. The molecular weight excluding hydrogens is 790 g/mol. The standard InChI is InChI=1S/C59H54BN3Si/c1-37-33-42-55-44(34-37)60-43-22-18-21-41-54(43)62(58(4)31-16-14-29-56(41,58)2)47-35-38(36-48(53(47)60)63(55)59(5)32-17-15-30-57(42,59)3)61-45-23-8-12-27-51(45)64(52-28-13-9-24-46(52)61)49-25-10-6-19-39(49)40-20-7-11-26-50(40)64/h6-13,18-28,33-36H,14-17,29-32H2,1-5H3. The molecule has 0 amide bonds. The van der Waals surface area contributed by atoms with Crippen molar-refractivity contribution in [2.75, 3.05) is 14.7 Å². The van der Waals surface area contributed by atoms with E-state index in [1.54, 1.807) is 11.1 Å². The smallest absolute Gasteiger partial charge is 0.252 e. The Morgan fingerprint density at radius 2 is 0.969 bits per heavy atom. The van der Waals surface area contributed by atoms with E-state index in [0.29, 0.717) is 0 Å². The number of rotatable bonds is 1. The lowest BCUT2D eigenvalue weighted by molar-refractivity contribution is 0.194. The Labute approximate surface area is 379 Å². The molecule has 2 fully saturated rings. The Morgan fingerprint density at radius 3 is 1.56 bits per heavy atom. The molecule has 0 N–H and O–H groups in total. The Morgan fingerprint density at radius 1 is 0.469 bits per heavy atom. The van der Waals surface area contributed by atoms with Crippen LogP contribution in [0.5, 0.6) is 0 Å². The zero-order valence-electron chi connectivity index (χ0n) is 37.9. The molecule has 0 saturated heterocycles. The van der Waals surface area contributed by atoms with E-state index in [-0.39, 0.29) is 28.6 Å². The Hall–Kier alpha value is -5.78. The van der Waals surface area contributed by atoms with Crippen molar-refractivity contribution in [1.82, 2.24) is 0 Å². The molecule has 8 aliphatic rings. The summed E-state index contributed by atoms with van der Waals surface area (Å²) in [6, 6.07) is 55.9. The molecule has 0 radical (unpaired) electrons. The van der Waals surface area contributed by atoms with Crippen LogP contribution >= 0.6 is 0 Å². The van der Waals surface area contributed by atoms with E-state index in [9.17, 15) is 0 Å². The molecule has 64 heavy (non-hydrogen) atoms. The second-order valence-electron chi connectivity index (χ2n) is 21.8. The zero-order valence-corrected chi connectivity index (χ0v) is 38.9. The summed E-state index contributed by atoms with van der Waals surface area (Å²) in [6.07, 6.45) is 9.98. The highest BCUT2D eigenvalue weighted by molar-refractivity contribution is 7.23. The van der Waals surface area contributed by atoms with Gasteiger partial charge in [0.25, 0.3) is 6.71 Å². The topological polar surface area (TPSA) is 9.72 Å². The number of hydrogen-bond donors (Lipinski definition) is 0. The molecule has 7 aromatic rings. The van der Waals surface area contributed by atoms with E-state index in [4.69, 9.17) is 0 Å². The number of para-hydroxylation sites is 3. The first-order valence-corrected chi connectivity index (χ1v) is 26.4. The van der Waals surface area contributed by atoms with Crippen LogP contribution in [0.15, 0.2) is 140 Å². The van der Waals surface area contributed by atoms with Crippen LogP contribution in [0.25, 0.3) is 11.1 Å². The van der Waals surface area contributed by atoms with Gasteiger partial charge in [0.05, 0.1) is 16.8 Å². The van der Waals surface area contributed by atoms with Crippen molar-refractivity contribution < 1.29 is 0 Å². The minimum absolute atomic E-state index is 0.0424. The lowest BCUT2D eigenvalue weighted by atomic mass is 9.33. The summed E-state index contributed by atoms with van der Waals surface area (Å²) in [5.74, 6) is 0. The summed E-state index contributed by atoms with van der Waals surface area (Å²) >= 11 is 0. The molecule has 6 heterocycles.